The highest BCUT2D eigenvalue weighted by Crippen LogP contribution is 2.28. The molecule has 3 rings (SSSR count). The lowest BCUT2D eigenvalue weighted by atomic mass is 10.1. The van der Waals surface area contributed by atoms with Gasteiger partial charge in [-0.2, -0.15) is 5.10 Å². The molecular formula is C28H26BrCl2N3O6. The monoisotopic (exact) mass is 649 g/mol. The molecule has 0 unspecified atom stereocenters. The lowest BCUT2D eigenvalue weighted by Crippen LogP contribution is -2.50. The quantitative estimate of drug-likeness (QED) is 0.163. The number of halogens is 3. The maximum Gasteiger partial charge on any atom is 0.343 e. The largest absolute Gasteiger partial charge is 0.481 e. The summed E-state index contributed by atoms with van der Waals surface area (Å²) in [6, 6.07) is 18.0. The van der Waals surface area contributed by atoms with E-state index in [1.165, 1.54) is 19.4 Å². The molecule has 0 aliphatic carbocycles. The molecule has 0 radical (unpaired) electrons. The van der Waals surface area contributed by atoms with Crippen LogP contribution in [0.2, 0.25) is 10.0 Å². The van der Waals surface area contributed by atoms with Crippen LogP contribution in [0.5, 0.6) is 11.5 Å². The molecule has 0 spiro atoms. The molecule has 0 saturated heterocycles. The van der Waals surface area contributed by atoms with Crippen LogP contribution in [-0.2, 0) is 25.5 Å². The van der Waals surface area contributed by atoms with Gasteiger partial charge in [-0.3, -0.25) is 9.59 Å². The van der Waals surface area contributed by atoms with Crippen molar-refractivity contribution in [3.63, 3.8) is 0 Å². The zero-order valence-corrected chi connectivity index (χ0v) is 24.6. The van der Waals surface area contributed by atoms with E-state index in [4.69, 9.17) is 32.7 Å². The standard InChI is InChI=1S/C28H26BrCl2N3O6/c1-17(40-25-11-9-20(30)14-22(25)31)27(36)33-23(13-18-6-4-3-5-7-18)28(37)34-32-15-19-8-10-24(21(29)12-19)39-16-26(35)38-2/h3-12,14-15,17,23H,13,16H2,1-2H3,(H,33,36)(H,34,37)/b32-15-/t17-,23-/m0/s1. The predicted molar refractivity (Wildman–Crippen MR) is 156 cm³/mol. The van der Waals surface area contributed by atoms with Gasteiger partial charge in [-0.25, -0.2) is 10.2 Å². The fraction of sp³-hybridized carbons (Fsp3) is 0.214. The van der Waals surface area contributed by atoms with Crippen molar-refractivity contribution >= 4 is 63.1 Å². The fourth-order valence-corrected chi connectivity index (χ4v) is 4.29. The van der Waals surface area contributed by atoms with Crippen LogP contribution < -0.4 is 20.2 Å². The lowest BCUT2D eigenvalue weighted by Gasteiger charge is -2.21. The average Bonchev–Trinajstić information content (AvgIpc) is 2.93. The molecule has 3 aromatic carbocycles. The second kappa shape index (κ2) is 15.3. The number of esters is 1. The average molecular weight is 651 g/mol. The number of ether oxygens (including phenoxy) is 3. The van der Waals surface area contributed by atoms with Crippen molar-refractivity contribution in [3.05, 3.63) is 92.4 Å². The normalized spacial score (nSPS) is 12.3. The van der Waals surface area contributed by atoms with E-state index in [1.54, 1.807) is 37.3 Å². The maximum absolute atomic E-state index is 13.1. The Bertz CT molecular complexity index is 1370. The van der Waals surface area contributed by atoms with Crippen molar-refractivity contribution in [2.75, 3.05) is 13.7 Å². The molecule has 0 aliphatic heterocycles. The minimum Gasteiger partial charge on any atom is -0.481 e. The summed E-state index contributed by atoms with van der Waals surface area (Å²) in [5.74, 6) is -0.823. The number of hydrogen-bond donors (Lipinski definition) is 2. The minimum absolute atomic E-state index is 0.222. The Morgan fingerprint density at radius 2 is 1.73 bits per heavy atom. The van der Waals surface area contributed by atoms with Gasteiger partial charge in [-0.15, -0.1) is 0 Å². The van der Waals surface area contributed by atoms with Gasteiger partial charge in [0.1, 0.15) is 17.5 Å². The molecule has 0 fully saturated rings. The van der Waals surface area contributed by atoms with Gasteiger partial charge < -0.3 is 19.5 Å². The van der Waals surface area contributed by atoms with Crippen LogP contribution in [0, 0.1) is 0 Å². The molecule has 2 amide bonds. The van der Waals surface area contributed by atoms with Gasteiger partial charge in [0.05, 0.1) is 22.8 Å². The molecule has 2 N–H and O–H groups in total. The highest BCUT2D eigenvalue weighted by atomic mass is 79.9. The third-order valence-electron chi connectivity index (χ3n) is 5.40. The number of nitrogens with zero attached hydrogens (tertiary/aromatic N) is 1. The van der Waals surface area contributed by atoms with Crippen molar-refractivity contribution in [2.45, 2.75) is 25.5 Å². The van der Waals surface area contributed by atoms with E-state index in [0.717, 1.165) is 5.56 Å². The van der Waals surface area contributed by atoms with Crippen molar-refractivity contribution in [1.82, 2.24) is 10.7 Å². The summed E-state index contributed by atoms with van der Waals surface area (Å²) in [4.78, 5) is 37.3. The van der Waals surface area contributed by atoms with E-state index < -0.39 is 29.9 Å². The molecular weight excluding hydrogens is 625 g/mol. The molecule has 0 heterocycles. The number of methoxy groups -OCH3 is 1. The van der Waals surface area contributed by atoms with Crippen LogP contribution in [0.4, 0.5) is 0 Å². The summed E-state index contributed by atoms with van der Waals surface area (Å²) in [6.45, 7) is 1.32. The Labute approximate surface area is 249 Å². The van der Waals surface area contributed by atoms with Crippen molar-refractivity contribution < 1.29 is 28.6 Å². The molecule has 2 atom stereocenters. The topological polar surface area (TPSA) is 115 Å². The summed E-state index contributed by atoms with van der Waals surface area (Å²) in [7, 11) is 1.27. The third-order valence-corrected chi connectivity index (χ3v) is 6.55. The van der Waals surface area contributed by atoms with Gasteiger partial charge in [-0.05, 0) is 70.4 Å². The smallest absolute Gasteiger partial charge is 0.343 e. The summed E-state index contributed by atoms with van der Waals surface area (Å²) in [5.41, 5.74) is 3.96. The van der Waals surface area contributed by atoms with Crippen molar-refractivity contribution in [1.29, 1.82) is 0 Å². The van der Waals surface area contributed by atoms with Gasteiger partial charge in [0.15, 0.2) is 12.7 Å². The SMILES string of the molecule is COC(=O)COc1ccc(/C=N\NC(=O)[C@H](Cc2ccccc2)NC(=O)[C@H](C)Oc2ccc(Cl)cc2Cl)cc1Br. The molecule has 40 heavy (non-hydrogen) atoms. The molecule has 0 aliphatic rings. The van der Waals surface area contributed by atoms with Crippen LogP contribution in [0.1, 0.15) is 18.1 Å². The maximum atomic E-state index is 13.1. The Morgan fingerprint density at radius 3 is 2.40 bits per heavy atom. The Morgan fingerprint density at radius 1 is 1.00 bits per heavy atom. The Kier molecular flexibility index (Phi) is 11.8. The lowest BCUT2D eigenvalue weighted by molar-refractivity contribution is -0.143. The first-order valence-corrected chi connectivity index (χ1v) is 13.5. The van der Waals surface area contributed by atoms with Crippen LogP contribution in [0.15, 0.2) is 76.3 Å². The first-order valence-electron chi connectivity index (χ1n) is 11.9. The van der Waals surface area contributed by atoms with Crippen molar-refractivity contribution in [3.8, 4) is 11.5 Å². The van der Waals surface area contributed by atoms with Crippen LogP contribution in [0.3, 0.4) is 0 Å². The Balaban J connectivity index is 1.66. The van der Waals surface area contributed by atoms with Gasteiger partial charge in [0.25, 0.3) is 11.8 Å². The van der Waals surface area contributed by atoms with Crippen LogP contribution in [0.25, 0.3) is 0 Å². The fourth-order valence-electron chi connectivity index (χ4n) is 3.32. The van der Waals surface area contributed by atoms with E-state index in [2.05, 4.69) is 36.5 Å². The van der Waals surface area contributed by atoms with Gasteiger partial charge >= 0.3 is 5.97 Å². The molecule has 12 heteroatoms. The van der Waals surface area contributed by atoms with E-state index in [0.29, 0.717) is 20.8 Å². The van der Waals surface area contributed by atoms with Gasteiger partial charge in [0, 0.05) is 11.4 Å². The number of carbonyl (C=O) groups excluding carboxylic acids is 3. The molecule has 3 aromatic rings. The van der Waals surface area contributed by atoms with E-state index in [9.17, 15) is 14.4 Å². The molecule has 210 valence electrons. The number of hydrazone groups is 1. The zero-order chi connectivity index (χ0) is 29.1. The Hall–Kier alpha value is -3.60. The van der Waals surface area contributed by atoms with Crippen LogP contribution in [-0.4, -0.2) is 49.9 Å². The van der Waals surface area contributed by atoms with E-state index in [1.807, 2.05) is 30.3 Å². The highest BCUT2D eigenvalue weighted by molar-refractivity contribution is 9.10. The molecule has 0 bridgehead atoms. The first-order chi connectivity index (χ1) is 19.2. The number of hydrogen-bond acceptors (Lipinski definition) is 7. The molecule has 9 nitrogen and oxygen atoms in total. The molecule has 0 aromatic heterocycles. The van der Waals surface area contributed by atoms with Gasteiger partial charge in [0.2, 0.25) is 0 Å². The van der Waals surface area contributed by atoms with Gasteiger partial charge in [-0.1, -0.05) is 53.5 Å². The van der Waals surface area contributed by atoms with Crippen LogP contribution >= 0.6 is 39.1 Å². The van der Waals surface area contributed by atoms with Crippen molar-refractivity contribution in [2.24, 2.45) is 5.10 Å². The number of amides is 2. The molecule has 0 saturated carbocycles. The third kappa shape index (κ3) is 9.55. The first kappa shape index (κ1) is 30.9. The zero-order valence-electron chi connectivity index (χ0n) is 21.5. The second-order valence-corrected chi connectivity index (χ2v) is 10.1. The number of benzene rings is 3. The summed E-state index contributed by atoms with van der Waals surface area (Å²) >= 11 is 15.4. The number of carbonyl (C=O) groups is 3. The summed E-state index contributed by atoms with van der Waals surface area (Å²) < 4.78 is 16.2. The summed E-state index contributed by atoms with van der Waals surface area (Å²) in [5, 5.41) is 7.45. The highest BCUT2D eigenvalue weighted by Gasteiger charge is 2.25. The van der Waals surface area contributed by atoms with E-state index >= 15 is 0 Å². The number of nitrogens with one attached hydrogen (secondary N) is 2. The predicted octanol–water partition coefficient (Wildman–Crippen LogP) is 4.95. The minimum atomic E-state index is -0.953. The second-order valence-electron chi connectivity index (χ2n) is 8.37. The summed E-state index contributed by atoms with van der Waals surface area (Å²) in [6.07, 6.45) is 0.702. The van der Waals surface area contributed by atoms with E-state index in [-0.39, 0.29) is 23.8 Å². The number of rotatable bonds is 12.